The quantitative estimate of drug-likeness (QED) is 0.177. The molecule has 0 saturated heterocycles. The van der Waals surface area contributed by atoms with E-state index in [9.17, 15) is 22.6 Å². The molecule has 1 aliphatic rings. The number of rotatable bonds is 10. The first-order chi connectivity index (χ1) is 17.8. The number of anilines is 1. The van der Waals surface area contributed by atoms with Crippen molar-refractivity contribution >= 4 is 38.3 Å². The lowest BCUT2D eigenvalue weighted by molar-refractivity contribution is -0.697. The van der Waals surface area contributed by atoms with Crippen molar-refractivity contribution in [2.24, 2.45) is 0 Å². The molecule has 0 bridgehead atoms. The third-order valence-electron chi connectivity index (χ3n) is 6.87. The van der Waals surface area contributed by atoms with Crippen LogP contribution in [0.3, 0.4) is 0 Å². The Hall–Kier alpha value is -3.50. The number of aromatic nitrogens is 1. The minimum absolute atomic E-state index is 0.0791. The van der Waals surface area contributed by atoms with Crippen LogP contribution >= 0.6 is 0 Å². The van der Waals surface area contributed by atoms with Crippen LogP contribution in [0.5, 0.6) is 0 Å². The molecular formula is C28H32N2O7S. The molecule has 0 fully saturated rings. The lowest BCUT2D eigenvalue weighted by Crippen LogP contribution is -2.45. The van der Waals surface area contributed by atoms with Gasteiger partial charge in [0.15, 0.2) is 12.4 Å². The molecule has 3 heterocycles. The van der Waals surface area contributed by atoms with Gasteiger partial charge in [-0.05, 0) is 51.3 Å². The SMILES string of the molecule is CC1=CC(C)(C)N(CCCC(=O)O)c2cc3oc(=O)c(-c4cc[n+](CCCCS(=O)(=O)[O-])cc4)cc3cc21. The van der Waals surface area contributed by atoms with Crippen molar-refractivity contribution in [3.8, 4) is 11.1 Å². The maximum Gasteiger partial charge on any atom is 0.344 e. The Morgan fingerprint density at radius 1 is 1.11 bits per heavy atom. The Morgan fingerprint density at radius 2 is 1.79 bits per heavy atom. The largest absolute Gasteiger partial charge is 0.748 e. The van der Waals surface area contributed by atoms with Gasteiger partial charge in [0, 0.05) is 65.5 Å². The van der Waals surface area contributed by atoms with E-state index in [1.165, 1.54) is 0 Å². The smallest absolute Gasteiger partial charge is 0.344 e. The van der Waals surface area contributed by atoms with Crippen LogP contribution in [-0.4, -0.2) is 41.9 Å². The Morgan fingerprint density at radius 3 is 2.45 bits per heavy atom. The number of unbranched alkanes of at least 4 members (excludes halogenated alkanes) is 1. The monoisotopic (exact) mass is 540 g/mol. The molecule has 0 spiro atoms. The number of nitrogens with zero attached hydrogens (tertiary/aromatic N) is 2. The van der Waals surface area contributed by atoms with Crippen molar-refractivity contribution in [3.05, 3.63) is 64.8 Å². The summed E-state index contributed by atoms with van der Waals surface area (Å²) in [4.78, 5) is 26.2. The van der Waals surface area contributed by atoms with Crippen molar-refractivity contribution in [2.75, 3.05) is 17.2 Å². The van der Waals surface area contributed by atoms with E-state index in [-0.39, 0.29) is 17.7 Å². The number of hydrogen-bond donors (Lipinski definition) is 1. The molecule has 0 radical (unpaired) electrons. The van der Waals surface area contributed by atoms with E-state index >= 15 is 0 Å². The Labute approximate surface area is 221 Å². The zero-order chi connectivity index (χ0) is 27.7. The second-order valence-corrected chi connectivity index (χ2v) is 11.8. The number of aliphatic carboxylic acids is 1. The average Bonchev–Trinajstić information content (AvgIpc) is 2.82. The molecule has 0 unspecified atom stereocenters. The van der Waals surface area contributed by atoms with Gasteiger partial charge in [-0.1, -0.05) is 6.08 Å². The second kappa shape index (κ2) is 10.7. The fourth-order valence-electron chi connectivity index (χ4n) is 5.05. The fourth-order valence-corrected chi connectivity index (χ4v) is 5.61. The Kier molecular flexibility index (Phi) is 7.75. The van der Waals surface area contributed by atoms with Gasteiger partial charge in [0.25, 0.3) is 0 Å². The first-order valence-electron chi connectivity index (χ1n) is 12.6. The van der Waals surface area contributed by atoms with Crippen LogP contribution < -0.4 is 15.1 Å². The molecule has 1 aliphatic heterocycles. The van der Waals surface area contributed by atoms with E-state index < -0.39 is 21.7 Å². The molecule has 38 heavy (non-hydrogen) atoms. The molecule has 0 saturated carbocycles. The standard InChI is InChI=1S/C28H32N2O7S/c1-19-18-28(2,3)30(11-6-7-26(31)32)24-17-25-21(15-22(19)24)16-23(27(33)37-25)20-8-12-29(13-9-20)10-4-5-14-38(34,35)36/h8-9,12-13,15-18H,4-7,10-11,14H2,1-3H3,(H-,31,32,34,35,36). The third-order valence-corrected chi connectivity index (χ3v) is 7.66. The number of carboxylic acid groups (broad SMARTS) is 1. The molecule has 3 aromatic rings. The number of hydrogen-bond acceptors (Lipinski definition) is 7. The maximum atomic E-state index is 13.0. The zero-order valence-electron chi connectivity index (χ0n) is 21.8. The highest BCUT2D eigenvalue weighted by Gasteiger charge is 2.31. The predicted octanol–water partition coefficient (Wildman–Crippen LogP) is 3.94. The summed E-state index contributed by atoms with van der Waals surface area (Å²) in [5.41, 5.74) is 3.82. The topological polar surface area (TPSA) is 132 Å². The summed E-state index contributed by atoms with van der Waals surface area (Å²) < 4.78 is 39.9. The predicted molar refractivity (Wildman–Crippen MR) is 144 cm³/mol. The third kappa shape index (κ3) is 6.31. The van der Waals surface area contributed by atoms with E-state index in [1.807, 2.05) is 42.1 Å². The average molecular weight is 541 g/mol. The summed E-state index contributed by atoms with van der Waals surface area (Å²) in [6, 6.07) is 9.31. The lowest BCUT2D eigenvalue weighted by Gasteiger charge is -2.43. The number of carboxylic acids is 1. The van der Waals surface area contributed by atoms with Crippen LogP contribution in [-0.2, 0) is 21.5 Å². The van der Waals surface area contributed by atoms with Gasteiger partial charge in [0.1, 0.15) is 12.1 Å². The molecule has 4 rings (SSSR count). The molecule has 0 aliphatic carbocycles. The highest BCUT2D eigenvalue weighted by atomic mass is 32.2. The van der Waals surface area contributed by atoms with Gasteiger partial charge in [0.2, 0.25) is 0 Å². The summed E-state index contributed by atoms with van der Waals surface area (Å²) in [6.07, 6.45) is 7.20. The van der Waals surface area contributed by atoms with Gasteiger partial charge in [-0.3, -0.25) is 4.79 Å². The molecule has 1 aromatic carbocycles. The van der Waals surface area contributed by atoms with E-state index in [4.69, 9.17) is 9.52 Å². The van der Waals surface area contributed by atoms with Crippen LogP contribution in [0, 0.1) is 0 Å². The van der Waals surface area contributed by atoms with E-state index in [0.29, 0.717) is 49.1 Å². The first kappa shape index (κ1) is 27.5. The molecule has 2 aromatic heterocycles. The Balaban J connectivity index is 1.62. The van der Waals surface area contributed by atoms with Crippen LogP contribution in [0.25, 0.3) is 27.7 Å². The van der Waals surface area contributed by atoms with Gasteiger partial charge >= 0.3 is 11.6 Å². The lowest BCUT2D eigenvalue weighted by atomic mass is 9.87. The van der Waals surface area contributed by atoms with Crippen molar-refractivity contribution in [1.29, 1.82) is 0 Å². The number of carbonyl (C=O) groups is 1. The summed E-state index contributed by atoms with van der Waals surface area (Å²) in [5, 5.41) is 9.86. The molecule has 9 nitrogen and oxygen atoms in total. The van der Waals surface area contributed by atoms with E-state index in [2.05, 4.69) is 24.8 Å². The van der Waals surface area contributed by atoms with E-state index in [0.717, 1.165) is 22.2 Å². The molecule has 10 heteroatoms. The van der Waals surface area contributed by atoms with Gasteiger partial charge in [-0.25, -0.2) is 17.8 Å². The summed E-state index contributed by atoms with van der Waals surface area (Å²) in [7, 11) is -4.20. The Bertz CT molecular complexity index is 1550. The normalized spacial score (nSPS) is 14.8. The number of benzene rings is 1. The van der Waals surface area contributed by atoms with Crippen LogP contribution in [0.2, 0.25) is 0 Å². The molecule has 0 atom stereocenters. The van der Waals surface area contributed by atoms with Crippen LogP contribution in [0.1, 0.15) is 52.0 Å². The van der Waals surface area contributed by atoms with Gasteiger partial charge < -0.3 is 19.0 Å². The van der Waals surface area contributed by atoms with Gasteiger partial charge in [-0.2, -0.15) is 0 Å². The molecule has 0 amide bonds. The highest BCUT2D eigenvalue weighted by molar-refractivity contribution is 7.85. The van der Waals surface area contributed by atoms with Crippen molar-refractivity contribution in [2.45, 2.75) is 58.5 Å². The summed E-state index contributed by atoms with van der Waals surface area (Å²) in [5.74, 6) is -1.20. The zero-order valence-corrected chi connectivity index (χ0v) is 22.6. The van der Waals surface area contributed by atoms with Crippen molar-refractivity contribution < 1.29 is 31.9 Å². The molecule has 1 N–H and O–H groups in total. The number of fused-ring (bicyclic) bond motifs is 2. The summed E-state index contributed by atoms with van der Waals surface area (Å²) in [6.45, 7) is 7.32. The second-order valence-electron chi connectivity index (χ2n) is 10.3. The van der Waals surface area contributed by atoms with Crippen molar-refractivity contribution in [1.82, 2.24) is 0 Å². The van der Waals surface area contributed by atoms with Gasteiger partial charge in [0.05, 0.1) is 21.2 Å². The maximum absolute atomic E-state index is 13.0. The summed E-state index contributed by atoms with van der Waals surface area (Å²) >= 11 is 0. The van der Waals surface area contributed by atoms with Gasteiger partial charge in [-0.15, -0.1) is 0 Å². The van der Waals surface area contributed by atoms with Crippen LogP contribution in [0.4, 0.5) is 5.69 Å². The fraction of sp³-hybridized carbons (Fsp3) is 0.393. The minimum atomic E-state index is -4.20. The first-order valence-corrected chi connectivity index (χ1v) is 14.2. The van der Waals surface area contributed by atoms with E-state index in [1.54, 1.807) is 12.1 Å². The van der Waals surface area contributed by atoms with Crippen molar-refractivity contribution in [3.63, 3.8) is 0 Å². The number of allylic oxidation sites excluding steroid dienone is 1. The minimum Gasteiger partial charge on any atom is -0.748 e. The van der Waals surface area contributed by atoms with Crippen LogP contribution in [0.15, 0.2) is 58.0 Å². The highest BCUT2D eigenvalue weighted by Crippen LogP contribution is 2.41. The number of pyridine rings is 1. The molecular weight excluding hydrogens is 508 g/mol. The number of aryl methyl sites for hydroxylation is 1. The molecule has 202 valence electrons.